The maximum atomic E-state index is 10.6. The van der Waals surface area contributed by atoms with Crippen LogP contribution in [0.2, 0.25) is 0 Å². The molecule has 0 bridgehead atoms. The summed E-state index contributed by atoms with van der Waals surface area (Å²) in [5.41, 5.74) is 6.02. The van der Waals surface area contributed by atoms with Gasteiger partial charge in [-0.3, -0.25) is 4.79 Å². The van der Waals surface area contributed by atoms with Crippen molar-refractivity contribution in [3.05, 3.63) is 23.8 Å². The molecule has 5 nitrogen and oxygen atoms in total. The van der Waals surface area contributed by atoms with Crippen LogP contribution in [0.3, 0.4) is 0 Å². The van der Waals surface area contributed by atoms with Crippen LogP contribution >= 0.6 is 12.4 Å². The number of primary amides is 1. The molecule has 1 aromatic carbocycles. The number of ether oxygens (including phenoxy) is 2. The number of hydrogen-bond donors (Lipinski definition) is 2. The van der Waals surface area contributed by atoms with Crippen molar-refractivity contribution < 1.29 is 14.3 Å². The fourth-order valence-corrected chi connectivity index (χ4v) is 1.37. The quantitative estimate of drug-likeness (QED) is 0.571. The van der Waals surface area contributed by atoms with E-state index in [1.54, 1.807) is 6.07 Å². The molecule has 0 saturated heterocycles. The fraction of sp³-hybridized carbons (Fsp3) is 0.308. The zero-order valence-corrected chi connectivity index (χ0v) is 11.5. The third-order valence-corrected chi connectivity index (χ3v) is 2.15. The molecule has 0 fully saturated rings. The lowest BCUT2D eigenvalue weighted by Gasteiger charge is -2.11. The molecule has 0 aromatic heterocycles. The molecule has 0 atom stereocenters. The number of benzene rings is 1. The summed E-state index contributed by atoms with van der Waals surface area (Å²) in [6.07, 6.45) is 5.14. The molecular weight excluding hydrogens is 268 g/mol. The first-order chi connectivity index (χ1) is 8.67. The Hall–Kier alpha value is -1.90. The van der Waals surface area contributed by atoms with Crippen LogP contribution in [-0.2, 0) is 11.3 Å². The first kappa shape index (κ1) is 17.1. The molecule has 1 rings (SSSR count). The maximum Gasteiger partial charge on any atom is 0.255 e. The summed E-state index contributed by atoms with van der Waals surface area (Å²) >= 11 is 0. The van der Waals surface area contributed by atoms with E-state index in [2.05, 4.69) is 11.2 Å². The highest BCUT2D eigenvalue weighted by Gasteiger charge is 2.06. The molecule has 0 aliphatic carbocycles. The number of amides is 1. The number of hydrogen-bond acceptors (Lipinski definition) is 4. The van der Waals surface area contributed by atoms with Crippen molar-refractivity contribution >= 4 is 18.3 Å². The minimum Gasteiger partial charge on any atom is -0.493 e. The monoisotopic (exact) mass is 284 g/mol. The van der Waals surface area contributed by atoms with Crippen LogP contribution in [0.5, 0.6) is 11.5 Å². The molecule has 19 heavy (non-hydrogen) atoms. The van der Waals surface area contributed by atoms with Gasteiger partial charge in [-0.15, -0.1) is 18.8 Å². The van der Waals surface area contributed by atoms with E-state index in [9.17, 15) is 4.79 Å². The van der Waals surface area contributed by atoms with Crippen molar-refractivity contribution in [1.29, 1.82) is 0 Å². The summed E-state index contributed by atoms with van der Waals surface area (Å²) in [6.45, 7) is 0.962. The number of terminal acetylenes is 1. The Bertz CT molecular complexity index is 458. The number of carbonyl (C=O) groups excluding carboxylic acids is 1. The van der Waals surface area contributed by atoms with Gasteiger partial charge in [-0.05, 0) is 17.7 Å². The van der Waals surface area contributed by atoms with Gasteiger partial charge in [0.15, 0.2) is 18.1 Å². The molecule has 0 radical (unpaired) electrons. The van der Waals surface area contributed by atoms with Crippen molar-refractivity contribution in [2.45, 2.75) is 6.54 Å². The summed E-state index contributed by atoms with van der Waals surface area (Å²) < 4.78 is 10.4. The highest BCUT2D eigenvalue weighted by Crippen LogP contribution is 2.27. The van der Waals surface area contributed by atoms with E-state index in [4.69, 9.17) is 21.6 Å². The molecule has 1 aromatic rings. The minimum absolute atomic E-state index is 0. The molecule has 0 heterocycles. The number of nitrogens with one attached hydrogen (secondary N) is 1. The Kier molecular flexibility index (Phi) is 8.18. The lowest BCUT2D eigenvalue weighted by Crippen LogP contribution is -2.20. The SMILES string of the molecule is C#CCNCc1ccc(OCC(N)=O)c(OC)c1.Cl. The molecule has 3 N–H and O–H groups in total. The van der Waals surface area contributed by atoms with Crippen LogP contribution < -0.4 is 20.5 Å². The number of carbonyl (C=O) groups is 1. The Morgan fingerprint density at radius 2 is 2.21 bits per heavy atom. The second-order valence-corrected chi connectivity index (χ2v) is 3.55. The van der Waals surface area contributed by atoms with E-state index >= 15 is 0 Å². The van der Waals surface area contributed by atoms with E-state index in [1.165, 1.54) is 7.11 Å². The second-order valence-electron chi connectivity index (χ2n) is 3.55. The fourth-order valence-electron chi connectivity index (χ4n) is 1.37. The molecule has 0 unspecified atom stereocenters. The van der Waals surface area contributed by atoms with Crippen molar-refractivity contribution in [2.24, 2.45) is 5.73 Å². The van der Waals surface area contributed by atoms with Gasteiger partial charge < -0.3 is 20.5 Å². The smallest absolute Gasteiger partial charge is 0.255 e. The van der Waals surface area contributed by atoms with Crippen LogP contribution in [0, 0.1) is 12.3 Å². The van der Waals surface area contributed by atoms with E-state index in [0.29, 0.717) is 24.6 Å². The van der Waals surface area contributed by atoms with Crippen LogP contribution in [0.15, 0.2) is 18.2 Å². The van der Waals surface area contributed by atoms with Crippen molar-refractivity contribution in [3.8, 4) is 23.8 Å². The van der Waals surface area contributed by atoms with Crippen molar-refractivity contribution in [3.63, 3.8) is 0 Å². The van der Waals surface area contributed by atoms with E-state index < -0.39 is 5.91 Å². The lowest BCUT2D eigenvalue weighted by atomic mass is 10.2. The Balaban J connectivity index is 0.00000324. The summed E-state index contributed by atoms with van der Waals surface area (Å²) in [5.74, 6) is 3.00. The van der Waals surface area contributed by atoms with Gasteiger partial charge >= 0.3 is 0 Å². The summed E-state index contributed by atoms with van der Waals surface area (Å²) in [6, 6.07) is 5.41. The largest absolute Gasteiger partial charge is 0.493 e. The predicted molar refractivity (Wildman–Crippen MR) is 75.5 cm³/mol. The van der Waals surface area contributed by atoms with Crippen LogP contribution in [0.4, 0.5) is 0 Å². The van der Waals surface area contributed by atoms with Gasteiger partial charge in [0, 0.05) is 6.54 Å². The number of halogens is 1. The molecule has 1 amide bonds. The number of methoxy groups -OCH3 is 1. The standard InChI is InChI=1S/C13H16N2O3.ClH/c1-3-6-15-8-10-4-5-11(12(7-10)17-2)18-9-13(14)16;/h1,4-5,7,15H,6,8-9H2,2H3,(H2,14,16);1H. The Labute approximate surface area is 118 Å². The molecule has 104 valence electrons. The molecule has 0 saturated carbocycles. The molecular formula is C13H17ClN2O3. The minimum atomic E-state index is -0.531. The average molecular weight is 285 g/mol. The third-order valence-electron chi connectivity index (χ3n) is 2.15. The van der Waals surface area contributed by atoms with Crippen LogP contribution in [0.25, 0.3) is 0 Å². The van der Waals surface area contributed by atoms with Crippen molar-refractivity contribution in [2.75, 3.05) is 20.3 Å². The van der Waals surface area contributed by atoms with Gasteiger partial charge in [-0.25, -0.2) is 0 Å². The molecule has 0 spiro atoms. The van der Waals surface area contributed by atoms with Gasteiger partial charge in [0.2, 0.25) is 0 Å². The Morgan fingerprint density at radius 3 is 2.79 bits per heavy atom. The van der Waals surface area contributed by atoms with E-state index in [1.807, 2.05) is 12.1 Å². The summed E-state index contributed by atoms with van der Waals surface area (Å²) in [7, 11) is 1.53. The summed E-state index contributed by atoms with van der Waals surface area (Å²) in [4.78, 5) is 10.6. The molecule has 0 aliphatic heterocycles. The predicted octanol–water partition coefficient (Wildman–Crippen LogP) is 0.704. The van der Waals surface area contributed by atoms with Gasteiger partial charge in [-0.2, -0.15) is 0 Å². The molecule has 6 heteroatoms. The highest BCUT2D eigenvalue weighted by molar-refractivity contribution is 5.85. The number of nitrogens with two attached hydrogens (primary N) is 1. The average Bonchev–Trinajstić information content (AvgIpc) is 2.37. The van der Waals surface area contributed by atoms with Crippen LogP contribution in [0.1, 0.15) is 5.56 Å². The van der Waals surface area contributed by atoms with Gasteiger partial charge in [-0.1, -0.05) is 12.0 Å². The zero-order chi connectivity index (χ0) is 13.4. The van der Waals surface area contributed by atoms with Crippen LogP contribution in [-0.4, -0.2) is 26.2 Å². The first-order valence-corrected chi connectivity index (χ1v) is 5.39. The topological polar surface area (TPSA) is 73.6 Å². The highest BCUT2D eigenvalue weighted by atomic mass is 35.5. The zero-order valence-electron chi connectivity index (χ0n) is 10.6. The molecule has 0 aliphatic rings. The Morgan fingerprint density at radius 1 is 1.47 bits per heavy atom. The van der Waals surface area contributed by atoms with E-state index in [0.717, 1.165) is 5.56 Å². The third kappa shape index (κ3) is 6.00. The van der Waals surface area contributed by atoms with Gasteiger partial charge in [0.05, 0.1) is 13.7 Å². The number of rotatable bonds is 7. The van der Waals surface area contributed by atoms with Gasteiger partial charge in [0.25, 0.3) is 5.91 Å². The maximum absolute atomic E-state index is 10.6. The summed E-state index contributed by atoms with van der Waals surface area (Å²) in [5, 5.41) is 3.07. The first-order valence-electron chi connectivity index (χ1n) is 5.39. The second kappa shape index (κ2) is 9.09. The normalized spacial score (nSPS) is 9.05. The van der Waals surface area contributed by atoms with Gasteiger partial charge in [0.1, 0.15) is 0 Å². The lowest BCUT2D eigenvalue weighted by molar-refractivity contribution is -0.119. The van der Waals surface area contributed by atoms with Crippen molar-refractivity contribution in [1.82, 2.24) is 5.32 Å². The van der Waals surface area contributed by atoms with E-state index in [-0.39, 0.29) is 19.0 Å².